The molecule has 2 atom stereocenters. The lowest BCUT2D eigenvalue weighted by Gasteiger charge is -2.05. The Morgan fingerprint density at radius 1 is 1.38 bits per heavy atom. The normalized spacial score (nSPS) is 28.1. The van der Waals surface area contributed by atoms with Crippen molar-refractivity contribution in [2.24, 2.45) is 5.92 Å². The Hall–Kier alpha value is -0.600. The number of rotatable bonds is 4. The second-order valence-corrected chi connectivity index (χ2v) is 5.33. The molecule has 0 radical (unpaired) electrons. The molecular weight excluding hydrogens is 225 g/mol. The number of nitrogens with one attached hydrogen (secondary N) is 1. The van der Waals surface area contributed by atoms with Crippen LogP contribution in [0.2, 0.25) is 5.02 Å². The van der Waals surface area contributed by atoms with Gasteiger partial charge in [-0.1, -0.05) is 17.7 Å². The summed E-state index contributed by atoms with van der Waals surface area (Å²) in [7, 11) is 0. The van der Waals surface area contributed by atoms with Crippen molar-refractivity contribution in [1.82, 2.24) is 5.32 Å². The van der Waals surface area contributed by atoms with Crippen molar-refractivity contribution in [2.45, 2.75) is 31.2 Å². The molecule has 2 saturated carbocycles. The zero-order valence-electron chi connectivity index (χ0n) is 9.05. The minimum atomic E-state index is -0.147. The van der Waals surface area contributed by atoms with Crippen molar-refractivity contribution in [3.05, 3.63) is 34.6 Å². The lowest BCUT2D eigenvalue weighted by Crippen LogP contribution is -2.19. The molecule has 0 heterocycles. The molecule has 2 unspecified atom stereocenters. The van der Waals surface area contributed by atoms with Crippen LogP contribution < -0.4 is 5.32 Å². The summed E-state index contributed by atoms with van der Waals surface area (Å²) in [6.07, 6.45) is 3.68. The SMILES string of the molecule is Fc1cccc(Cl)c1C1CC1CNC1CC1. The van der Waals surface area contributed by atoms with Crippen LogP contribution in [-0.2, 0) is 0 Å². The minimum absolute atomic E-state index is 0.147. The molecule has 1 N–H and O–H groups in total. The number of benzene rings is 1. The molecule has 0 spiro atoms. The van der Waals surface area contributed by atoms with E-state index in [0.717, 1.165) is 24.6 Å². The van der Waals surface area contributed by atoms with E-state index in [4.69, 9.17) is 11.6 Å². The Labute approximate surface area is 100.0 Å². The standard InChI is InChI=1S/C13H15ClFN/c14-11-2-1-3-12(15)13(11)10-6-8(10)7-16-9-4-5-9/h1-3,8-10,16H,4-7H2. The Morgan fingerprint density at radius 3 is 2.88 bits per heavy atom. The molecule has 1 aromatic rings. The van der Waals surface area contributed by atoms with Gasteiger partial charge in [0.1, 0.15) is 5.82 Å². The van der Waals surface area contributed by atoms with Crippen LogP contribution in [0.1, 0.15) is 30.7 Å². The highest BCUT2D eigenvalue weighted by Crippen LogP contribution is 2.50. The van der Waals surface area contributed by atoms with Crippen LogP contribution in [0.4, 0.5) is 4.39 Å². The lowest BCUT2D eigenvalue weighted by atomic mass is 10.1. The molecule has 1 nitrogen and oxygen atoms in total. The number of halogens is 2. The summed E-state index contributed by atoms with van der Waals surface area (Å²) in [5.74, 6) is 0.765. The second kappa shape index (κ2) is 4.01. The molecule has 0 aliphatic heterocycles. The fraction of sp³-hybridized carbons (Fsp3) is 0.538. The maximum Gasteiger partial charge on any atom is 0.128 e. The van der Waals surface area contributed by atoms with Gasteiger partial charge in [0.25, 0.3) is 0 Å². The molecule has 1 aromatic carbocycles. The first-order valence-electron chi connectivity index (χ1n) is 5.93. The van der Waals surface area contributed by atoms with Crippen LogP contribution >= 0.6 is 11.6 Å². The quantitative estimate of drug-likeness (QED) is 0.850. The van der Waals surface area contributed by atoms with Crippen LogP contribution in [-0.4, -0.2) is 12.6 Å². The molecule has 2 aliphatic rings. The van der Waals surface area contributed by atoms with Crippen molar-refractivity contribution >= 4 is 11.6 Å². The van der Waals surface area contributed by atoms with Crippen molar-refractivity contribution in [2.75, 3.05) is 6.54 Å². The zero-order chi connectivity index (χ0) is 11.1. The first-order valence-corrected chi connectivity index (χ1v) is 6.31. The summed E-state index contributed by atoms with van der Waals surface area (Å²) in [4.78, 5) is 0. The maximum atomic E-state index is 13.6. The third-order valence-corrected chi connectivity index (χ3v) is 3.87. The summed E-state index contributed by atoms with van der Waals surface area (Å²) in [6, 6.07) is 5.69. The fourth-order valence-corrected chi connectivity index (χ4v) is 2.60. The Kier molecular flexibility index (Phi) is 2.64. The first-order chi connectivity index (χ1) is 7.75. The fourth-order valence-electron chi connectivity index (χ4n) is 2.30. The highest BCUT2D eigenvalue weighted by Gasteiger charge is 2.41. The average molecular weight is 240 g/mol. The largest absolute Gasteiger partial charge is 0.314 e. The van der Waals surface area contributed by atoms with E-state index < -0.39 is 0 Å². The molecule has 86 valence electrons. The van der Waals surface area contributed by atoms with Crippen LogP contribution in [0, 0.1) is 11.7 Å². The zero-order valence-corrected chi connectivity index (χ0v) is 9.80. The Bertz CT molecular complexity index is 383. The topological polar surface area (TPSA) is 12.0 Å². The van der Waals surface area contributed by atoms with E-state index in [1.165, 1.54) is 18.9 Å². The molecule has 0 saturated heterocycles. The summed E-state index contributed by atoms with van der Waals surface area (Å²) in [6.45, 7) is 1.01. The summed E-state index contributed by atoms with van der Waals surface area (Å²) < 4.78 is 13.6. The van der Waals surface area contributed by atoms with E-state index >= 15 is 0 Å². The van der Waals surface area contributed by atoms with Crippen LogP contribution in [0.25, 0.3) is 0 Å². The Balaban J connectivity index is 1.65. The highest BCUT2D eigenvalue weighted by atomic mass is 35.5. The van der Waals surface area contributed by atoms with Gasteiger partial charge >= 0.3 is 0 Å². The van der Waals surface area contributed by atoms with Gasteiger partial charge in [-0.15, -0.1) is 0 Å². The first kappa shape index (κ1) is 10.5. The van der Waals surface area contributed by atoms with Gasteiger partial charge in [0.2, 0.25) is 0 Å². The average Bonchev–Trinajstić information content (AvgIpc) is 3.11. The smallest absolute Gasteiger partial charge is 0.128 e. The molecule has 2 fully saturated rings. The van der Waals surface area contributed by atoms with Crippen molar-refractivity contribution < 1.29 is 4.39 Å². The van der Waals surface area contributed by atoms with Crippen molar-refractivity contribution in [3.63, 3.8) is 0 Å². The van der Waals surface area contributed by atoms with E-state index in [1.54, 1.807) is 12.1 Å². The highest BCUT2D eigenvalue weighted by molar-refractivity contribution is 6.31. The van der Waals surface area contributed by atoms with Crippen LogP contribution in [0.5, 0.6) is 0 Å². The van der Waals surface area contributed by atoms with E-state index in [9.17, 15) is 4.39 Å². The van der Waals surface area contributed by atoms with Crippen molar-refractivity contribution in [3.8, 4) is 0 Å². The maximum absolute atomic E-state index is 13.6. The van der Waals surface area contributed by atoms with E-state index in [0.29, 0.717) is 16.9 Å². The van der Waals surface area contributed by atoms with Crippen molar-refractivity contribution in [1.29, 1.82) is 0 Å². The third-order valence-electron chi connectivity index (χ3n) is 3.54. The number of hydrogen-bond donors (Lipinski definition) is 1. The van der Waals surface area contributed by atoms with Gasteiger partial charge in [-0.3, -0.25) is 0 Å². The number of hydrogen-bond acceptors (Lipinski definition) is 1. The van der Waals surface area contributed by atoms with Gasteiger partial charge in [0.15, 0.2) is 0 Å². The van der Waals surface area contributed by atoms with Crippen LogP contribution in [0.3, 0.4) is 0 Å². The van der Waals surface area contributed by atoms with Gasteiger partial charge in [0.05, 0.1) is 0 Å². The van der Waals surface area contributed by atoms with E-state index in [2.05, 4.69) is 5.32 Å². The molecule has 16 heavy (non-hydrogen) atoms. The minimum Gasteiger partial charge on any atom is -0.314 e. The Morgan fingerprint density at radius 2 is 2.19 bits per heavy atom. The predicted molar refractivity (Wildman–Crippen MR) is 63.3 cm³/mol. The van der Waals surface area contributed by atoms with Crippen LogP contribution in [0.15, 0.2) is 18.2 Å². The van der Waals surface area contributed by atoms with E-state index in [-0.39, 0.29) is 5.82 Å². The third kappa shape index (κ3) is 2.09. The van der Waals surface area contributed by atoms with Gasteiger partial charge in [-0.2, -0.15) is 0 Å². The molecule has 2 aliphatic carbocycles. The summed E-state index contributed by atoms with van der Waals surface area (Å²) >= 11 is 6.04. The van der Waals surface area contributed by atoms with Gasteiger partial charge in [0, 0.05) is 16.6 Å². The van der Waals surface area contributed by atoms with Gasteiger partial charge in [-0.25, -0.2) is 4.39 Å². The molecule has 3 heteroatoms. The molecule has 0 bridgehead atoms. The van der Waals surface area contributed by atoms with Gasteiger partial charge < -0.3 is 5.32 Å². The predicted octanol–water partition coefficient (Wildman–Crippen LogP) is 3.33. The summed E-state index contributed by atoms with van der Waals surface area (Å²) in [5, 5.41) is 4.07. The lowest BCUT2D eigenvalue weighted by molar-refractivity contribution is 0.592. The second-order valence-electron chi connectivity index (χ2n) is 4.92. The monoisotopic (exact) mass is 239 g/mol. The molecule has 3 rings (SSSR count). The van der Waals surface area contributed by atoms with E-state index in [1.807, 2.05) is 0 Å². The summed E-state index contributed by atoms with van der Waals surface area (Å²) in [5.41, 5.74) is 0.728. The van der Waals surface area contributed by atoms with Gasteiger partial charge in [-0.05, 0) is 49.8 Å². The molecule has 0 amide bonds. The molecule has 0 aromatic heterocycles. The molecular formula is C13H15ClFN.